The van der Waals surface area contributed by atoms with Gasteiger partial charge in [-0.05, 0) is 44.7 Å². The molecular formula is C12H27NO. The van der Waals surface area contributed by atoms with E-state index in [9.17, 15) is 0 Å². The van der Waals surface area contributed by atoms with Crippen LogP contribution >= 0.6 is 0 Å². The average Bonchev–Trinajstić information content (AvgIpc) is 2.16. The predicted octanol–water partition coefficient (Wildman–Crippen LogP) is 2.68. The lowest BCUT2D eigenvalue weighted by Crippen LogP contribution is -2.26. The lowest BCUT2D eigenvalue weighted by Gasteiger charge is -2.20. The molecule has 0 aliphatic rings. The maximum Gasteiger partial charge on any atom is 0.0466 e. The Morgan fingerprint density at radius 2 is 1.93 bits per heavy atom. The number of hydrogen-bond donors (Lipinski definition) is 1. The van der Waals surface area contributed by atoms with E-state index in [1.165, 1.54) is 12.8 Å². The Morgan fingerprint density at radius 1 is 1.21 bits per heavy atom. The summed E-state index contributed by atoms with van der Waals surface area (Å²) in [7, 11) is 0. The molecule has 1 N–H and O–H groups in total. The summed E-state index contributed by atoms with van der Waals surface area (Å²) in [6.07, 6.45) is 2.48. The van der Waals surface area contributed by atoms with Crippen LogP contribution in [0.25, 0.3) is 0 Å². The molecule has 0 saturated heterocycles. The molecule has 0 spiro atoms. The van der Waals surface area contributed by atoms with Crippen molar-refractivity contribution < 1.29 is 4.74 Å². The third kappa shape index (κ3) is 7.34. The zero-order chi connectivity index (χ0) is 10.8. The van der Waals surface area contributed by atoms with Gasteiger partial charge >= 0.3 is 0 Å². The second-order valence-corrected chi connectivity index (χ2v) is 4.15. The summed E-state index contributed by atoms with van der Waals surface area (Å²) in [5.74, 6) is 1.58. The highest BCUT2D eigenvalue weighted by Gasteiger charge is 2.11. The van der Waals surface area contributed by atoms with Gasteiger partial charge in [-0.2, -0.15) is 0 Å². The van der Waals surface area contributed by atoms with E-state index >= 15 is 0 Å². The predicted molar refractivity (Wildman–Crippen MR) is 62.6 cm³/mol. The third-order valence-corrected chi connectivity index (χ3v) is 2.67. The van der Waals surface area contributed by atoms with Crippen LogP contribution in [0.5, 0.6) is 0 Å². The minimum Gasteiger partial charge on any atom is -0.382 e. The van der Waals surface area contributed by atoms with Gasteiger partial charge in [0.15, 0.2) is 0 Å². The first-order valence-electron chi connectivity index (χ1n) is 6.00. The van der Waals surface area contributed by atoms with Gasteiger partial charge in [0.05, 0.1) is 0 Å². The van der Waals surface area contributed by atoms with Gasteiger partial charge in [0.1, 0.15) is 0 Å². The third-order valence-electron chi connectivity index (χ3n) is 2.67. The Labute approximate surface area is 89.4 Å². The van der Waals surface area contributed by atoms with Crippen molar-refractivity contribution in [3.63, 3.8) is 0 Å². The van der Waals surface area contributed by atoms with Crippen LogP contribution in [-0.2, 0) is 4.74 Å². The van der Waals surface area contributed by atoms with E-state index < -0.39 is 0 Å². The molecule has 2 nitrogen and oxygen atoms in total. The van der Waals surface area contributed by atoms with E-state index in [0.717, 1.165) is 38.1 Å². The summed E-state index contributed by atoms with van der Waals surface area (Å²) in [6.45, 7) is 12.8. The van der Waals surface area contributed by atoms with Crippen LogP contribution in [0.3, 0.4) is 0 Å². The largest absolute Gasteiger partial charge is 0.382 e. The van der Waals surface area contributed by atoms with Crippen LogP contribution in [0.1, 0.15) is 40.5 Å². The highest BCUT2D eigenvalue weighted by Crippen LogP contribution is 2.16. The normalized spacial score (nSPS) is 13.5. The fraction of sp³-hybridized carbons (Fsp3) is 1.00. The molecule has 1 atom stereocenters. The van der Waals surface area contributed by atoms with Gasteiger partial charge in [-0.25, -0.2) is 0 Å². The first kappa shape index (κ1) is 13.9. The zero-order valence-electron chi connectivity index (χ0n) is 10.3. The summed E-state index contributed by atoms with van der Waals surface area (Å²) in [5.41, 5.74) is 0. The Balaban J connectivity index is 3.52. The topological polar surface area (TPSA) is 21.3 Å². The number of rotatable bonds is 9. The highest BCUT2D eigenvalue weighted by molar-refractivity contribution is 4.65. The van der Waals surface area contributed by atoms with Crippen molar-refractivity contribution in [2.24, 2.45) is 11.8 Å². The maximum atomic E-state index is 5.35. The van der Waals surface area contributed by atoms with Crippen LogP contribution in [-0.4, -0.2) is 26.3 Å². The van der Waals surface area contributed by atoms with E-state index in [0.29, 0.717) is 0 Å². The molecule has 0 aliphatic carbocycles. The summed E-state index contributed by atoms with van der Waals surface area (Å²) >= 11 is 0. The van der Waals surface area contributed by atoms with Gasteiger partial charge in [0.25, 0.3) is 0 Å². The number of hydrogen-bond acceptors (Lipinski definition) is 2. The summed E-state index contributed by atoms with van der Waals surface area (Å²) in [5, 5.41) is 3.43. The molecule has 0 saturated carbocycles. The van der Waals surface area contributed by atoms with Crippen LogP contribution in [0.15, 0.2) is 0 Å². The average molecular weight is 201 g/mol. The zero-order valence-corrected chi connectivity index (χ0v) is 10.3. The van der Waals surface area contributed by atoms with E-state index in [1.807, 2.05) is 0 Å². The molecule has 0 amide bonds. The first-order chi connectivity index (χ1) is 6.72. The fourth-order valence-electron chi connectivity index (χ4n) is 1.59. The summed E-state index contributed by atoms with van der Waals surface area (Å²) in [4.78, 5) is 0. The van der Waals surface area contributed by atoms with Crippen molar-refractivity contribution in [1.82, 2.24) is 5.32 Å². The van der Waals surface area contributed by atoms with Crippen LogP contribution in [0, 0.1) is 11.8 Å². The lowest BCUT2D eigenvalue weighted by atomic mass is 9.91. The molecule has 0 aromatic heterocycles. The molecular weight excluding hydrogens is 174 g/mol. The SMILES string of the molecule is CCNCC(CCCOCC)C(C)C. The minimum absolute atomic E-state index is 0.774. The van der Waals surface area contributed by atoms with Gasteiger partial charge < -0.3 is 10.1 Å². The van der Waals surface area contributed by atoms with Gasteiger partial charge in [0, 0.05) is 13.2 Å². The molecule has 0 aromatic carbocycles. The Bertz CT molecular complexity index is 115. The van der Waals surface area contributed by atoms with Gasteiger partial charge in [-0.15, -0.1) is 0 Å². The molecule has 2 heteroatoms. The highest BCUT2D eigenvalue weighted by atomic mass is 16.5. The molecule has 0 fully saturated rings. The van der Waals surface area contributed by atoms with Crippen molar-refractivity contribution in [2.75, 3.05) is 26.3 Å². The van der Waals surface area contributed by atoms with Crippen molar-refractivity contribution in [3.8, 4) is 0 Å². The van der Waals surface area contributed by atoms with Crippen LogP contribution < -0.4 is 5.32 Å². The number of ether oxygens (including phenoxy) is 1. The van der Waals surface area contributed by atoms with E-state index in [2.05, 4.69) is 33.0 Å². The molecule has 0 radical (unpaired) electrons. The molecule has 0 bridgehead atoms. The fourth-order valence-corrected chi connectivity index (χ4v) is 1.59. The molecule has 0 aliphatic heterocycles. The van der Waals surface area contributed by atoms with Crippen LogP contribution in [0.2, 0.25) is 0 Å². The molecule has 0 rings (SSSR count). The van der Waals surface area contributed by atoms with Crippen molar-refractivity contribution in [2.45, 2.75) is 40.5 Å². The van der Waals surface area contributed by atoms with E-state index in [-0.39, 0.29) is 0 Å². The van der Waals surface area contributed by atoms with Gasteiger partial charge in [-0.1, -0.05) is 20.8 Å². The van der Waals surface area contributed by atoms with Gasteiger partial charge in [-0.3, -0.25) is 0 Å². The van der Waals surface area contributed by atoms with Crippen molar-refractivity contribution >= 4 is 0 Å². The molecule has 0 heterocycles. The van der Waals surface area contributed by atoms with Crippen LogP contribution in [0.4, 0.5) is 0 Å². The molecule has 86 valence electrons. The molecule has 1 unspecified atom stereocenters. The Hall–Kier alpha value is -0.0800. The Kier molecular flexibility index (Phi) is 9.42. The maximum absolute atomic E-state index is 5.35. The first-order valence-corrected chi connectivity index (χ1v) is 6.00. The van der Waals surface area contributed by atoms with E-state index in [1.54, 1.807) is 0 Å². The molecule has 14 heavy (non-hydrogen) atoms. The smallest absolute Gasteiger partial charge is 0.0466 e. The molecule has 0 aromatic rings. The summed E-state index contributed by atoms with van der Waals surface area (Å²) < 4.78 is 5.35. The second-order valence-electron chi connectivity index (χ2n) is 4.15. The minimum atomic E-state index is 0.774. The lowest BCUT2D eigenvalue weighted by molar-refractivity contribution is 0.136. The van der Waals surface area contributed by atoms with Gasteiger partial charge in [0.2, 0.25) is 0 Å². The van der Waals surface area contributed by atoms with E-state index in [4.69, 9.17) is 4.74 Å². The van der Waals surface area contributed by atoms with Crippen molar-refractivity contribution in [3.05, 3.63) is 0 Å². The monoisotopic (exact) mass is 201 g/mol. The quantitative estimate of drug-likeness (QED) is 0.579. The number of nitrogens with one attached hydrogen (secondary N) is 1. The summed E-state index contributed by atoms with van der Waals surface area (Å²) in [6, 6.07) is 0. The Morgan fingerprint density at radius 3 is 2.43 bits per heavy atom. The van der Waals surface area contributed by atoms with Crippen molar-refractivity contribution in [1.29, 1.82) is 0 Å². The standard InChI is InChI=1S/C12H27NO/c1-5-13-10-12(11(3)4)8-7-9-14-6-2/h11-13H,5-10H2,1-4H3. The second kappa shape index (κ2) is 9.47.